The van der Waals surface area contributed by atoms with Gasteiger partial charge < -0.3 is 9.47 Å². The van der Waals surface area contributed by atoms with Gasteiger partial charge in [0.05, 0.1) is 6.54 Å². The van der Waals surface area contributed by atoms with Gasteiger partial charge in [-0.25, -0.2) is 0 Å². The zero-order valence-corrected chi connectivity index (χ0v) is 12.9. The highest BCUT2D eigenvalue weighted by Crippen LogP contribution is 2.45. The maximum absolute atomic E-state index is 6.49. The summed E-state index contributed by atoms with van der Waals surface area (Å²) in [6.45, 7) is 2.27. The van der Waals surface area contributed by atoms with Crippen LogP contribution >= 0.6 is 0 Å². The van der Waals surface area contributed by atoms with Gasteiger partial charge in [0, 0.05) is 24.2 Å². The fraction of sp³-hybridized carbons (Fsp3) is 0.300. The van der Waals surface area contributed by atoms with Crippen LogP contribution < -0.4 is 0 Å². The average Bonchev–Trinajstić information content (AvgIpc) is 3.13. The van der Waals surface area contributed by atoms with Crippen LogP contribution in [0, 0.1) is 12.3 Å². The van der Waals surface area contributed by atoms with E-state index in [1.807, 2.05) is 36.4 Å². The molecule has 2 aliphatic rings. The molecule has 0 aliphatic carbocycles. The summed E-state index contributed by atoms with van der Waals surface area (Å²) in [7, 11) is 0. The van der Waals surface area contributed by atoms with Crippen LogP contribution in [0.1, 0.15) is 11.1 Å². The van der Waals surface area contributed by atoms with Crippen molar-refractivity contribution in [3.8, 4) is 12.3 Å². The molecule has 0 aromatic heterocycles. The molecule has 2 aromatic rings. The Balaban J connectivity index is 1.70. The molecule has 2 saturated heterocycles. The first kappa shape index (κ1) is 14.5. The maximum atomic E-state index is 6.49. The molecule has 23 heavy (non-hydrogen) atoms. The van der Waals surface area contributed by atoms with Gasteiger partial charge in [-0.3, -0.25) is 4.90 Å². The van der Waals surface area contributed by atoms with Crippen molar-refractivity contribution in [3.63, 3.8) is 0 Å². The number of nitrogens with zero attached hydrogens (tertiary/aromatic N) is 1. The van der Waals surface area contributed by atoms with Gasteiger partial charge in [-0.2, -0.15) is 0 Å². The Labute approximate surface area is 136 Å². The third kappa shape index (κ3) is 2.46. The van der Waals surface area contributed by atoms with E-state index in [4.69, 9.17) is 15.9 Å². The second kappa shape index (κ2) is 5.82. The molecule has 2 fully saturated rings. The van der Waals surface area contributed by atoms with Gasteiger partial charge in [0.15, 0.2) is 0 Å². The standard InChI is InChI=1S/C20H19NO2/c1-2-13-21-14-18-19(15-21)23-20(22-18,16-9-5-3-6-10-16)17-11-7-4-8-12-17/h1,3-12,18-19H,13-15H2/t18-,19+. The fourth-order valence-corrected chi connectivity index (χ4v) is 3.51. The molecule has 2 heterocycles. The smallest absolute Gasteiger partial charge is 0.223 e. The lowest BCUT2D eigenvalue weighted by molar-refractivity contribution is -0.159. The summed E-state index contributed by atoms with van der Waals surface area (Å²) in [4.78, 5) is 2.20. The SMILES string of the molecule is C#CCN1C[C@@H]2OC(c3ccccc3)(c3ccccc3)O[C@@H]2C1. The van der Waals surface area contributed by atoms with Crippen molar-refractivity contribution in [1.82, 2.24) is 4.90 Å². The minimum Gasteiger partial charge on any atom is -0.335 e. The minimum absolute atomic E-state index is 0.0452. The van der Waals surface area contributed by atoms with Gasteiger partial charge in [-0.15, -0.1) is 6.42 Å². The Kier molecular flexibility index (Phi) is 3.66. The quantitative estimate of drug-likeness (QED) is 0.814. The first-order valence-corrected chi connectivity index (χ1v) is 7.94. The van der Waals surface area contributed by atoms with Gasteiger partial charge in [0.1, 0.15) is 12.2 Å². The van der Waals surface area contributed by atoms with Crippen molar-refractivity contribution in [2.24, 2.45) is 0 Å². The number of hydrogen-bond acceptors (Lipinski definition) is 3. The molecule has 3 heteroatoms. The van der Waals surface area contributed by atoms with Gasteiger partial charge in [-0.1, -0.05) is 66.6 Å². The van der Waals surface area contributed by atoms with Crippen LogP contribution in [0.15, 0.2) is 60.7 Å². The molecule has 0 spiro atoms. The normalized spacial score (nSPS) is 25.9. The van der Waals surface area contributed by atoms with Crippen molar-refractivity contribution in [2.45, 2.75) is 18.0 Å². The van der Waals surface area contributed by atoms with E-state index in [0.717, 1.165) is 24.2 Å². The summed E-state index contributed by atoms with van der Waals surface area (Å²) >= 11 is 0. The third-order valence-corrected chi connectivity index (χ3v) is 4.55. The highest BCUT2D eigenvalue weighted by Gasteiger charge is 2.53. The number of likely N-dealkylation sites (tertiary alicyclic amines) is 1. The van der Waals surface area contributed by atoms with Crippen molar-refractivity contribution in [2.75, 3.05) is 19.6 Å². The molecule has 0 bridgehead atoms. The van der Waals surface area contributed by atoms with E-state index >= 15 is 0 Å². The van der Waals surface area contributed by atoms with Crippen molar-refractivity contribution < 1.29 is 9.47 Å². The van der Waals surface area contributed by atoms with Crippen LogP contribution in [-0.2, 0) is 15.3 Å². The number of fused-ring (bicyclic) bond motifs is 1. The van der Waals surface area contributed by atoms with E-state index in [0.29, 0.717) is 6.54 Å². The molecule has 3 nitrogen and oxygen atoms in total. The van der Waals surface area contributed by atoms with Crippen molar-refractivity contribution in [1.29, 1.82) is 0 Å². The Morgan fingerprint density at radius 1 is 0.913 bits per heavy atom. The minimum atomic E-state index is -0.819. The molecule has 0 amide bonds. The van der Waals surface area contributed by atoms with Gasteiger partial charge in [0.2, 0.25) is 5.79 Å². The third-order valence-electron chi connectivity index (χ3n) is 4.55. The zero-order chi connectivity index (χ0) is 15.7. The zero-order valence-electron chi connectivity index (χ0n) is 12.9. The van der Waals surface area contributed by atoms with Gasteiger partial charge in [-0.05, 0) is 0 Å². The fourth-order valence-electron chi connectivity index (χ4n) is 3.51. The van der Waals surface area contributed by atoms with Crippen LogP contribution in [-0.4, -0.2) is 36.7 Å². The highest BCUT2D eigenvalue weighted by atomic mass is 16.8. The van der Waals surface area contributed by atoms with Crippen LogP contribution in [0.5, 0.6) is 0 Å². The summed E-state index contributed by atoms with van der Waals surface area (Å²) in [5.41, 5.74) is 2.06. The summed E-state index contributed by atoms with van der Waals surface area (Å²) in [5, 5.41) is 0. The molecule has 4 rings (SSSR count). The predicted molar refractivity (Wildman–Crippen MR) is 88.7 cm³/mol. The largest absolute Gasteiger partial charge is 0.335 e. The maximum Gasteiger partial charge on any atom is 0.223 e. The lowest BCUT2D eigenvalue weighted by Crippen LogP contribution is -2.34. The Bertz CT molecular complexity index is 652. The molecule has 0 unspecified atom stereocenters. The van der Waals surface area contributed by atoms with Crippen molar-refractivity contribution in [3.05, 3.63) is 71.8 Å². The number of benzene rings is 2. The second-order valence-electron chi connectivity index (χ2n) is 6.06. The number of hydrogen-bond donors (Lipinski definition) is 0. The summed E-state index contributed by atoms with van der Waals surface area (Å²) in [6.07, 6.45) is 5.51. The molecule has 0 radical (unpaired) electrons. The molecule has 116 valence electrons. The molecular formula is C20H19NO2. The number of ether oxygens (including phenoxy) is 2. The van der Waals surface area contributed by atoms with Gasteiger partial charge in [0.25, 0.3) is 0 Å². The van der Waals surface area contributed by atoms with E-state index in [2.05, 4.69) is 35.1 Å². The second-order valence-corrected chi connectivity index (χ2v) is 6.06. The summed E-state index contributed by atoms with van der Waals surface area (Å²) in [6, 6.07) is 20.3. The molecule has 2 aromatic carbocycles. The van der Waals surface area contributed by atoms with E-state index in [-0.39, 0.29) is 12.2 Å². The Hall–Kier alpha value is -2.12. The van der Waals surface area contributed by atoms with Crippen LogP contribution in [0.2, 0.25) is 0 Å². The van der Waals surface area contributed by atoms with Crippen LogP contribution in [0.3, 0.4) is 0 Å². The molecule has 0 saturated carbocycles. The highest BCUT2D eigenvalue weighted by molar-refractivity contribution is 5.35. The van der Waals surface area contributed by atoms with Crippen molar-refractivity contribution >= 4 is 0 Å². The molecule has 2 aliphatic heterocycles. The monoisotopic (exact) mass is 305 g/mol. The average molecular weight is 305 g/mol. The van der Waals surface area contributed by atoms with E-state index in [9.17, 15) is 0 Å². The molecule has 2 atom stereocenters. The Morgan fingerprint density at radius 3 is 1.83 bits per heavy atom. The lowest BCUT2D eigenvalue weighted by Gasteiger charge is -2.31. The molecule has 0 N–H and O–H groups in total. The van der Waals surface area contributed by atoms with Crippen LogP contribution in [0.4, 0.5) is 0 Å². The summed E-state index contributed by atoms with van der Waals surface area (Å²) < 4.78 is 13.0. The lowest BCUT2D eigenvalue weighted by atomic mass is 9.97. The Morgan fingerprint density at radius 2 is 1.39 bits per heavy atom. The topological polar surface area (TPSA) is 21.7 Å². The number of rotatable bonds is 3. The van der Waals surface area contributed by atoms with E-state index < -0.39 is 5.79 Å². The predicted octanol–water partition coefficient (Wildman–Crippen LogP) is 2.62. The van der Waals surface area contributed by atoms with E-state index in [1.165, 1.54) is 0 Å². The first-order valence-electron chi connectivity index (χ1n) is 7.94. The van der Waals surface area contributed by atoms with Crippen LogP contribution in [0.25, 0.3) is 0 Å². The molecular weight excluding hydrogens is 286 g/mol. The summed E-state index contributed by atoms with van der Waals surface area (Å²) in [5.74, 6) is 1.88. The van der Waals surface area contributed by atoms with E-state index in [1.54, 1.807) is 0 Å². The van der Waals surface area contributed by atoms with Gasteiger partial charge >= 0.3 is 0 Å². The first-order chi connectivity index (χ1) is 11.3. The number of terminal acetylenes is 1.